The van der Waals surface area contributed by atoms with E-state index in [2.05, 4.69) is 9.98 Å². The van der Waals surface area contributed by atoms with Crippen LogP contribution in [-0.4, -0.2) is 21.9 Å². The van der Waals surface area contributed by atoms with Gasteiger partial charge in [0.25, 0.3) is 0 Å². The van der Waals surface area contributed by atoms with Gasteiger partial charge < -0.3 is 5.11 Å². The molecular weight excluding hydrogens is 220 g/mol. The molecule has 0 spiro atoms. The summed E-state index contributed by atoms with van der Waals surface area (Å²) in [6.45, 7) is 5.83. The number of rotatable bonds is 1. The van der Waals surface area contributed by atoms with Crippen LogP contribution in [-0.2, 0) is 0 Å². The molecule has 1 atom stereocenters. The van der Waals surface area contributed by atoms with Crippen LogP contribution in [0.2, 0.25) is 0 Å². The number of thiazole rings is 1. The lowest BCUT2D eigenvalue weighted by atomic mass is 9.90. The van der Waals surface area contributed by atoms with Gasteiger partial charge in [0.15, 0.2) is 0 Å². The normalized spacial score (nSPS) is 23.9. The first-order valence-corrected chi connectivity index (χ1v) is 5.99. The van der Waals surface area contributed by atoms with Gasteiger partial charge in [-0.3, -0.25) is 0 Å². The summed E-state index contributed by atoms with van der Waals surface area (Å²) in [5, 5.41) is 12.5. The zero-order chi connectivity index (χ0) is 11.7. The summed E-state index contributed by atoms with van der Waals surface area (Å²) in [6, 6.07) is 0. The minimum Gasteiger partial charge on any atom is -0.384 e. The number of aliphatic imine (C=N–C) groups is 1. The monoisotopic (exact) mass is 234 g/mol. The van der Waals surface area contributed by atoms with Crippen LogP contribution in [0.3, 0.4) is 0 Å². The van der Waals surface area contributed by atoms with Crippen LogP contribution < -0.4 is 0 Å². The summed E-state index contributed by atoms with van der Waals surface area (Å²) in [7, 11) is 0. The molecule has 0 saturated carbocycles. The Morgan fingerprint density at radius 1 is 1.38 bits per heavy atom. The molecule has 1 aliphatic carbocycles. The smallest absolute Gasteiger partial charge is 0.209 e. The lowest BCUT2D eigenvalue weighted by Crippen LogP contribution is -2.19. The predicted molar refractivity (Wildman–Crippen MR) is 67.3 cm³/mol. The number of hydrogen-bond donors (Lipinski definition) is 1. The molecule has 0 saturated heterocycles. The SMILES string of the molecule is CC1=C/C(=N/c2nccs2)C(C)=C(C)C1O. The third-order valence-electron chi connectivity index (χ3n) is 2.82. The van der Waals surface area contributed by atoms with Crippen molar-refractivity contribution in [1.82, 2.24) is 4.98 Å². The van der Waals surface area contributed by atoms with Crippen LogP contribution >= 0.6 is 11.3 Å². The van der Waals surface area contributed by atoms with Gasteiger partial charge in [-0.05, 0) is 43.6 Å². The number of aliphatic hydroxyl groups is 1. The van der Waals surface area contributed by atoms with E-state index in [4.69, 9.17) is 0 Å². The van der Waals surface area contributed by atoms with E-state index in [0.717, 1.165) is 27.6 Å². The molecule has 0 radical (unpaired) electrons. The summed E-state index contributed by atoms with van der Waals surface area (Å²) < 4.78 is 0. The fourth-order valence-electron chi connectivity index (χ4n) is 1.64. The number of aromatic nitrogens is 1. The zero-order valence-corrected chi connectivity index (χ0v) is 10.4. The van der Waals surface area contributed by atoms with Gasteiger partial charge in [0, 0.05) is 11.6 Å². The van der Waals surface area contributed by atoms with E-state index in [1.807, 2.05) is 32.2 Å². The molecule has 0 aliphatic heterocycles. The minimum absolute atomic E-state index is 0.463. The Kier molecular flexibility index (Phi) is 3.03. The van der Waals surface area contributed by atoms with Gasteiger partial charge >= 0.3 is 0 Å². The topological polar surface area (TPSA) is 45.5 Å². The zero-order valence-electron chi connectivity index (χ0n) is 9.56. The van der Waals surface area contributed by atoms with E-state index in [0.29, 0.717) is 0 Å². The van der Waals surface area contributed by atoms with Crippen molar-refractivity contribution in [1.29, 1.82) is 0 Å². The molecule has 0 aromatic carbocycles. The Morgan fingerprint density at radius 2 is 2.12 bits per heavy atom. The third-order valence-corrected chi connectivity index (χ3v) is 3.48. The van der Waals surface area contributed by atoms with Gasteiger partial charge in [-0.25, -0.2) is 9.98 Å². The fourth-order valence-corrected chi connectivity index (χ4v) is 2.16. The van der Waals surface area contributed by atoms with E-state index in [1.165, 1.54) is 11.3 Å². The lowest BCUT2D eigenvalue weighted by molar-refractivity contribution is 0.245. The van der Waals surface area contributed by atoms with E-state index < -0.39 is 6.10 Å². The molecule has 1 aromatic heterocycles. The minimum atomic E-state index is -0.463. The molecule has 3 nitrogen and oxygen atoms in total. The molecule has 1 heterocycles. The average Bonchev–Trinajstić information content (AvgIpc) is 2.76. The van der Waals surface area contributed by atoms with Crippen LogP contribution in [0.1, 0.15) is 20.8 Å². The molecule has 4 heteroatoms. The Hall–Kier alpha value is -1.26. The predicted octanol–water partition coefficient (Wildman–Crippen LogP) is 2.87. The standard InChI is InChI=1S/C12H14N2OS/c1-7-6-10(8(2)9(3)11(7)15)14-12-13-4-5-16-12/h4-6,11,15H,1-3H3/b14-10-. The maximum atomic E-state index is 9.87. The highest BCUT2D eigenvalue weighted by Crippen LogP contribution is 2.25. The average molecular weight is 234 g/mol. The van der Waals surface area contributed by atoms with Gasteiger partial charge in [0.2, 0.25) is 5.13 Å². The lowest BCUT2D eigenvalue weighted by Gasteiger charge is -2.21. The molecule has 1 N–H and O–H groups in total. The van der Waals surface area contributed by atoms with Crippen molar-refractivity contribution < 1.29 is 5.11 Å². The molecule has 0 fully saturated rings. The Labute approximate surface area is 98.9 Å². The second-order valence-electron chi connectivity index (χ2n) is 3.91. The molecule has 0 bridgehead atoms. The largest absolute Gasteiger partial charge is 0.384 e. The molecule has 1 unspecified atom stereocenters. The summed E-state index contributed by atoms with van der Waals surface area (Å²) in [4.78, 5) is 8.60. The summed E-state index contributed by atoms with van der Waals surface area (Å²) in [5.74, 6) is 0. The second-order valence-corrected chi connectivity index (χ2v) is 4.78. The highest BCUT2D eigenvalue weighted by Gasteiger charge is 2.19. The highest BCUT2D eigenvalue weighted by atomic mass is 32.1. The van der Waals surface area contributed by atoms with Crippen molar-refractivity contribution in [2.45, 2.75) is 26.9 Å². The quantitative estimate of drug-likeness (QED) is 0.812. The second kappa shape index (κ2) is 4.31. The van der Waals surface area contributed by atoms with Crippen LogP contribution in [0, 0.1) is 0 Å². The summed E-state index contributed by atoms with van der Waals surface area (Å²) in [5.41, 5.74) is 3.83. The van der Waals surface area contributed by atoms with E-state index in [9.17, 15) is 5.11 Å². The van der Waals surface area contributed by atoms with Crippen molar-refractivity contribution in [3.8, 4) is 0 Å². The Bertz CT molecular complexity index is 483. The maximum absolute atomic E-state index is 9.87. The Morgan fingerprint density at radius 3 is 2.75 bits per heavy atom. The number of hydrogen-bond acceptors (Lipinski definition) is 4. The first-order chi connectivity index (χ1) is 7.59. The highest BCUT2D eigenvalue weighted by molar-refractivity contribution is 7.13. The van der Waals surface area contributed by atoms with Crippen LogP contribution in [0.15, 0.2) is 39.4 Å². The van der Waals surface area contributed by atoms with Crippen molar-refractivity contribution in [3.05, 3.63) is 34.4 Å². The van der Waals surface area contributed by atoms with Crippen LogP contribution in [0.5, 0.6) is 0 Å². The van der Waals surface area contributed by atoms with Crippen LogP contribution in [0.25, 0.3) is 0 Å². The number of aliphatic hydroxyl groups excluding tert-OH is 1. The van der Waals surface area contributed by atoms with E-state index >= 15 is 0 Å². The number of allylic oxidation sites excluding steroid dienone is 2. The molecule has 1 aliphatic rings. The molecular formula is C12H14N2OS. The molecule has 16 heavy (non-hydrogen) atoms. The van der Waals surface area contributed by atoms with E-state index in [1.54, 1.807) is 6.20 Å². The van der Waals surface area contributed by atoms with Crippen molar-refractivity contribution in [3.63, 3.8) is 0 Å². The van der Waals surface area contributed by atoms with Crippen molar-refractivity contribution in [2.75, 3.05) is 0 Å². The van der Waals surface area contributed by atoms with Gasteiger partial charge in [-0.2, -0.15) is 0 Å². The van der Waals surface area contributed by atoms with Crippen molar-refractivity contribution >= 4 is 22.2 Å². The molecule has 84 valence electrons. The van der Waals surface area contributed by atoms with E-state index in [-0.39, 0.29) is 0 Å². The van der Waals surface area contributed by atoms with Gasteiger partial charge in [0.1, 0.15) is 0 Å². The van der Waals surface area contributed by atoms with Gasteiger partial charge in [-0.1, -0.05) is 0 Å². The van der Waals surface area contributed by atoms with Gasteiger partial charge in [-0.15, -0.1) is 11.3 Å². The number of nitrogens with zero attached hydrogens (tertiary/aromatic N) is 2. The fraction of sp³-hybridized carbons (Fsp3) is 0.333. The first-order valence-electron chi connectivity index (χ1n) is 5.12. The molecule has 2 rings (SSSR count). The maximum Gasteiger partial charge on any atom is 0.209 e. The van der Waals surface area contributed by atoms with Crippen LogP contribution in [0.4, 0.5) is 5.13 Å². The molecule has 0 amide bonds. The summed E-state index contributed by atoms with van der Waals surface area (Å²) in [6.07, 6.45) is 3.20. The first kappa shape index (κ1) is 11.2. The summed E-state index contributed by atoms with van der Waals surface area (Å²) >= 11 is 1.51. The third kappa shape index (κ3) is 1.99. The van der Waals surface area contributed by atoms with Crippen molar-refractivity contribution in [2.24, 2.45) is 4.99 Å². The Balaban J connectivity index is 2.43. The molecule has 1 aromatic rings. The van der Waals surface area contributed by atoms with Gasteiger partial charge in [0.05, 0.1) is 11.8 Å².